The third kappa shape index (κ3) is 2.45. The van der Waals surface area contributed by atoms with E-state index in [1.807, 2.05) is 0 Å². The molecule has 0 bridgehead atoms. The fourth-order valence-electron chi connectivity index (χ4n) is 1.12. The molecule has 0 aliphatic heterocycles. The third-order valence-electron chi connectivity index (χ3n) is 1.84. The van der Waals surface area contributed by atoms with Crippen LogP contribution < -0.4 is 0 Å². The molecule has 2 N–H and O–H groups in total. The molecule has 0 aromatic heterocycles. The van der Waals surface area contributed by atoms with Gasteiger partial charge in [-0.25, -0.2) is 0 Å². The summed E-state index contributed by atoms with van der Waals surface area (Å²) in [5.74, 6) is 0. The Bertz CT molecular complexity index is 434. The van der Waals surface area contributed by atoms with Gasteiger partial charge >= 0.3 is 0 Å². The fraction of sp³-hybridized carbons (Fsp3) is 0.222. The molecule has 1 rings (SSSR count). The molecule has 76 valence electrons. The Labute approximate surface area is 85.6 Å². The maximum absolute atomic E-state index is 9.54. The minimum absolute atomic E-state index is 0.196. The summed E-state index contributed by atoms with van der Waals surface area (Å²) in [4.78, 5) is 2.58. The van der Waals surface area contributed by atoms with E-state index in [0.29, 0.717) is 0 Å². The Balaban J connectivity index is 3.13. The van der Waals surface area contributed by atoms with Crippen molar-refractivity contribution >= 4 is 5.69 Å². The van der Waals surface area contributed by atoms with E-state index in [4.69, 9.17) is 15.9 Å². The number of aliphatic hydroxyl groups excluding tert-OH is 2. The molecule has 1 aromatic carbocycles. The maximum Gasteiger partial charge on any atom is 0.170 e. The predicted molar refractivity (Wildman–Crippen MR) is 51.8 cm³/mol. The van der Waals surface area contributed by atoms with Gasteiger partial charge in [-0.1, -0.05) is 29.4 Å². The van der Waals surface area contributed by atoms with Crippen LogP contribution in [0, 0.1) is 11.3 Å². The van der Waals surface area contributed by atoms with E-state index in [-0.39, 0.29) is 11.3 Å². The monoisotopic (exact) mass is 204 g/mol. The summed E-state index contributed by atoms with van der Waals surface area (Å²) in [5.41, 5.74) is 8.69. The summed E-state index contributed by atoms with van der Waals surface area (Å²) < 4.78 is 0. The first kappa shape index (κ1) is 11.0. The van der Waals surface area contributed by atoms with Crippen molar-refractivity contribution in [2.75, 3.05) is 0 Å². The molecule has 6 nitrogen and oxygen atoms in total. The summed E-state index contributed by atoms with van der Waals surface area (Å²) in [6.07, 6.45) is -2.92. The minimum atomic E-state index is -1.54. The van der Waals surface area contributed by atoms with Crippen LogP contribution in [0.3, 0.4) is 0 Å². The molecule has 0 saturated heterocycles. The van der Waals surface area contributed by atoms with Gasteiger partial charge in [-0.05, 0) is 11.1 Å². The molecular formula is C9H8N4O2. The lowest BCUT2D eigenvalue weighted by Crippen LogP contribution is -2.15. The Morgan fingerprint density at radius 3 is 2.67 bits per heavy atom. The molecule has 0 amide bonds. The molecule has 6 heteroatoms. The summed E-state index contributed by atoms with van der Waals surface area (Å²) in [6, 6.07) is 7.71. The van der Waals surface area contributed by atoms with E-state index >= 15 is 0 Å². The SMILES string of the molecule is N#CC(O)C(O)c1ccccc1N=[N+]=[N-]. The van der Waals surface area contributed by atoms with E-state index < -0.39 is 12.2 Å². The van der Waals surface area contributed by atoms with Gasteiger partial charge in [-0.15, -0.1) is 0 Å². The van der Waals surface area contributed by atoms with Crippen LogP contribution in [0.1, 0.15) is 11.7 Å². The van der Waals surface area contributed by atoms with Gasteiger partial charge in [0, 0.05) is 10.6 Å². The molecule has 15 heavy (non-hydrogen) atoms. The first-order chi connectivity index (χ1) is 7.20. The zero-order valence-electron chi connectivity index (χ0n) is 7.65. The molecule has 0 spiro atoms. The molecule has 0 heterocycles. The third-order valence-corrected chi connectivity index (χ3v) is 1.84. The van der Waals surface area contributed by atoms with Crippen LogP contribution in [0.4, 0.5) is 5.69 Å². The van der Waals surface area contributed by atoms with Crippen LogP contribution in [-0.2, 0) is 0 Å². The van der Waals surface area contributed by atoms with Crippen LogP contribution in [-0.4, -0.2) is 16.3 Å². The van der Waals surface area contributed by atoms with Crippen molar-refractivity contribution in [3.8, 4) is 6.07 Å². The van der Waals surface area contributed by atoms with E-state index in [2.05, 4.69) is 10.0 Å². The second kappa shape index (κ2) is 4.98. The topological polar surface area (TPSA) is 113 Å². The Hall–Kier alpha value is -2.06. The predicted octanol–water partition coefficient (Wildman–Crippen LogP) is 1.55. The summed E-state index contributed by atoms with van der Waals surface area (Å²) in [6.45, 7) is 0. The van der Waals surface area contributed by atoms with E-state index in [1.165, 1.54) is 18.2 Å². The summed E-state index contributed by atoms with van der Waals surface area (Å²) in [5, 5.41) is 30.4. The first-order valence-corrected chi connectivity index (χ1v) is 4.10. The van der Waals surface area contributed by atoms with Gasteiger partial charge in [0.15, 0.2) is 6.10 Å². The van der Waals surface area contributed by atoms with E-state index in [1.54, 1.807) is 12.1 Å². The highest BCUT2D eigenvalue weighted by Gasteiger charge is 2.19. The molecule has 0 saturated carbocycles. The molecule has 1 aromatic rings. The van der Waals surface area contributed by atoms with Gasteiger partial charge in [-0.3, -0.25) is 0 Å². The minimum Gasteiger partial charge on any atom is -0.385 e. The van der Waals surface area contributed by atoms with Crippen LogP contribution in [0.2, 0.25) is 0 Å². The Kier molecular flexibility index (Phi) is 3.66. The summed E-state index contributed by atoms with van der Waals surface area (Å²) >= 11 is 0. The largest absolute Gasteiger partial charge is 0.385 e. The number of azide groups is 1. The highest BCUT2D eigenvalue weighted by Crippen LogP contribution is 2.27. The lowest BCUT2D eigenvalue weighted by Gasteiger charge is -2.13. The Morgan fingerprint density at radius 2 is 2.07 bits per heavy atom. The highest BCUT2D eigenvalue weighted by atomic mass is 16.3. The molecular weight excluding hydrogens is 196 g/mol. The zero-order valence-corrected chi connectivity index (χ0v) is 7.65. The van der Waals surface area contributed by atoms with Crippen LogP contribution >= 0.6 is 0 Å². The van der Waals surface area contributed by atoms with Crippen molar-refractivity contribution in [1.29, 1.82) is 5.26 Å². The molecule has 2 unspecified atom stereocenters. The first-order valence-electron chi connectivity index (χ1n) is 4.10. The lowest BCUT2D eigenvalue weighted by atomic mass is 10.0. The van der Waals surface area contributed by atoms with Crippen molar-refractivity contribution in [1.82, 2.24) is 0 Å². The number of nitrogens with zero attached hydrogens (tertiary/aromatic N) is 4. The second-order valence-electron chi connectivity index (χ2n) is 2.77. The summed E-state index contributed by atoms with van der Waals surface area (Å²) in [7, 11) is 0. The van der Waals surface area contributed by atoms with Crippen molar-refractivity contribution < 1.29 is 10.2 Å². The van der Waals surface area contributed by atoms with E-state index in [0.717, 1.165) is 0 Å². The molecule has 0 aliphatic rings. The van der Waals surface area contributed by atoms with Gasteiger partial charge in [0.1, 0.15) is 6.10 Å². The molecule has 0 fully saturated rings. The number of nitriles is 1. The maximum atomic E-state index is 9.54. The van der Waals surface area contributed by atoms with Gasteiger partial charge in [0.05, 0.1) is 6.07 Å². The zero-order chi connectivity index (χ0) is 11.3. The van der Waals surface area contributed by atoms with Crippen LogP contribution in [0.25, 0.3) is 10.4 Å². The number of rotatable bonds is 3. The molecule has 0 aliphatic carbocycles. The normalized spacial score (nSPS) is 13.4. The second-order valence-corrected chi connectivity index (χ2v) is 2.77. The fourth-order valence-corrected chi connectivity index (χ4v) is 1.12. The van der Waals surface area contributed by atoms with Crippen molar-refractivity contribution in [3.05, 3.63) is 40.3 Å². The number of aliphatic hydroxyl groups is 2. The van der Waals surface area contributed by atoms with Crippen molar-refractivity contribution in [2.45, 2.75) is 12.2 Å². The van der Waals surface area contributed by atoms with E-state index in [9.17, 15) is 5.11 Å². The average molecular weight is 204 g/mol. The smallest absolute Gasteiger partial charge is 0.170 e. The van der Waals surface area contributed by atoms with Gasteiger partial charge in [-0.2, -0.15) is 5.26 Å². The average Bonchev–Trinajstić information content (AvgIpc) is 2.28. The standard InChI is InChI=1S/C9H8N4O2/c10-5-8(14)9(15)6-3-1-2-4-7(6)12-13-11/h1-4,8-9,14-15H. The number of hydrogen-bond acceptors (Lipinski definition) is 4. The van der Waals surface area contributed by atoms with Gasteiger partial charge in [0.2, 0.25) is 0 Å². The van der Waals surface area contributed by atoms with Crippen molar-refractivity contribution in [2.24, 2.45) is 5.11 Å². The van der Waals surface area contributed by atoms with Crippen LogP contribution in [0.15, 0.2) is 29.4 Å². The van der Waals surface area contributed by atoms with Crippen molar-refractivity contribution in [3.63, 3.8) is 0 Å². The molecule has 0 radical (unpaired) electrons. The molecule has 2 atom stereocenters. The quantitative estimate of drug-likeness (QED) is 0.337. The number of hydrogen-bond donors (Lipinski definition) is 2. The number of benzene rings is 1. The van der Waals surface area contributed by atoms with Gasteiger partial charge in [0.25, 0.3) is 0 Å². The Morgan fingerprint density at radius 1 is 1.40 bits per heavy atom. The lowest BCUT2D eigenvalue weighted by molar-refractivity contribution is 0.0532. The highest BCUT2D eigenvalue weighted by molar-refractivity contribution is 5.47. The van der Waals surface area contributed by atoms with Crippen LogP contribution in [0.5, 0.6) is 0 Å². The van der Waals surface area contributed by atoms with Gasteiger partial charge < -0.3 is 10.2 Å².